The molecule has 3 aromatic heterocycles. The molecule has 2 atom stereocenters. The van der Waals surface area contributed by atoms with Crippen molar-refractivity contribution in [2.24, 2.45) is 0 Å². The predicted octanol–water partition coefficient (Wildman–Crippen LogP) is 8.38. The van der Waals surface area contributed by atoms with Gasteiger partial charge in [0.2, 0.25) is 5.79 Å². The smallest absolute Gasteiger partial charge is 0.255 e. The molecule has 1 aliphatic heterocycles. The third-order valence-electron chi connectivity index (χ3n) is 8.92. The highest BCUT2D eigenvalue weighted by atomic mass is 32.2. The molecule has 49 heavy (non-hydrogen) atoms. The van der Waals surface area contributed by atoms with Crippen LogP contribution < -0.4 is 0 Å². The molecule has 0 spiro atoms. The number of ether oxygens (including phenoxy) is 3. The second-order valence-corrected chi connectivity index (χ2v) is 22.9. The lowest BCUT2D eigenvalue weighted by atomic mass is 10.0. The summed E-state index contributed by atoms with van der Waals surface area (Å²) in [6.07, 6.45) is 9.29. The summed E-state index contributed by atoms with van der Waals surface area (Å²) in [5, 5.41) is 1.08. The molecule has 12 heteroatoms. The maximum Gasteiger partial charge on any atom is 0.255 e. The predicted molar refractivity (Wildman–Crippen MR) is 198 cm³/mol. The largest absolute Gasteiger partial charge is 0.597 e. The summed E-state index contributed by atoms with van der Waals surface area (Å²) in [6, 6.07) is 11.4. The Kier molecular flexibility index (Phi) is 12.4. The number of oxazole rings is 1. The topological polar surface area (TPSA) is 111 Å². The molecule has 0 bridgehead atoms. The molecule has 4 heterocycles. The molecule has 0 N–H and O–H groups in total. The molecule has 10 nitrogen and oxygen atoms in total. The number of benzene rings is 1. The van der Waals surface area contributed by atoms with E-state index in [1.54, 1.807) is 12.5 Å². The molecule has 268 valence electrons. The Labute approximate surface area is 296 Å². The van der Waals surface area contributed by atoms with Crippen LogP contribution >= 0.6 is 0 Å². The number of fused-ring (bicyclic) bond motifs is 1. The first-order valence-corrected chi connectivity index (χ1v) is 22.5. The van der Waals surface area contributed by atoms with Gasteiger partial charge in [-0.3, -0.25) is 4.98 Å². The number of rotatable bonds is 17. The minimum Gasteiger partial charge on any atom is -0.597 e. The molecule has 0 amide bonds. The molecule has 1 unspecified atom stereocenters. The van der Waals surface area contributed by atoms with Crippen molar-refractivity contribution in [2.75, 3.05) is 26.4 Å². The third-order valence-corrected chi connectivity index (χ3v) is 12.6. The van der Waals surface area contributed by atoms with Gasteiger partial charge >= 0.3 is 0 Å². The van der Waals surface area contributed by atoms with Crippen molar-refractivity contribution >= 4 is 30.3 Å². The Morgan fingerprint density at radius 1 is 1.08 bits per heavy atom. The van der Waals surface area contributed by atoms with Crippen LogP contribution in [0, 0.1) is 6.92 Å². The van der Waals surface area contributed by atoms with Gasteiger partial charge in [-0.15, -0.1) is 4.31 Å². The van der Waals surface area contributed by atoms with Gasteiger partial charge in [0.1, 0.15) is 29.6 Å². The molecular formula is C37H55N5O5SSi. The summed E-state index contributed by atoms with van der Waals surface area (Å²) in [4.78, 5) is 14.1. The Hall–Kier alpha value is -2.58. The fourth-order valence-corrected chi connectivity index (χ4v) is 8.39. The van der Waals surface area contributed by atoms with E-state index < -0.39 is 30.0 Å². The Morgan fingerprint density at radius 2 is 1.86 bits per heavy atom. The van der Waals surface area contributed by atoms with Crippen LogP contribution in [0.2, 0.25) is 25.7 Å². The SMILES string of the molecule is CCN(C(CCCCCC1(c2ncco2)OCCO1)c1ncc(-c2ccc3nc(C)ccc3c2)n1COCC[Si](C)(C)C)[S@+]([O-])C(C)(C)C. The maximum atomic E-state index is 14.1. The fraction of sp³-hybridized carbons (Fsp3) is 0.595. The Morgan fingerprint density at radius 3 is 2.53 bits per heavy atom. The van der Waals surface area contributed by atoms with Crippen LogP contribution in [0.15, 0.2) is 53.4 Å². The van der Waals surface area contributed by atoms with E-state index >= 15 is 0 Å². The van der Waals surface area contributed by atoms with E-state index in [2.05, 4.69) is 64.7 Å². The minimum absolute atomic E-state index is 0.177. The second-order valence-electron chi connectivity index (χ2n) is 15.1. The van der Waals surface area contributed by atoms with E-state index in [0.717, 1.165) is 65.4 Å². The van der Waals surface area contributed by atoms with Crippen LogP contribution in [0.1, 0.15) is 83.2 Å². The molecule has 1 aliphatic rings. The molecule has 1 aromatic carbocycles. The summed E-state index contributed by atoms with van der Waals surface area (Å²) in [5.41, 5.74) is 4.00. The number of hydrogen-bond acceptors (Lipinski definition) is 9. The van der Waals surface area contributed by atoms with Gasteiger partial charge in [0, 0.05) is 55.7 Å². The monoisotopic (exact) mass is 709 g/mol. The number of nitrogens with zero attached hydrogens (tertiary/aromatic N) is 5. The molecule has 4 aromatic rings. The zero-order valence-electron chi connectivity index (χ0n) is 30.7. The van der Waals surface area contributed by atoms with E-state index in [1.165, 1.54) is 0 Å². The minimum atomic E-state index is -1.28. The number of hydrogen-bond donors (Lipinski definition) is 0. The zero-order chi connectivity index (χ0) is 35.2. The molecule has 5 rings (SSSR count). The highest BCUT2D eigenvalue weighted by Crippen LogP contribution is 2.38. The number of aryl methyl sites for hydroxylation is 1. The van der Waals surface area contributed by atoms with Crippen LogP contribution in [-0.2, 0) is 38.1 Å². The van der Waals surface area contributed by atoms with Crippen LogP contribution in [0.4, 0.5) is 0 Å². The van der Waals surface area contributed by atoms with Gasteiger partial charge in [-0.1, -0.05) is 44.6 Å². The normalized spacial score (nSPS) is 16.5. The first kappa shape index (κ1) is 37.7. The lowest BCUT2D eigenvalue weighted by molar-refractivity contribution is -0.187. The van der Waals surface area contributed by atoms with E-state index in [4.69, 9.17) is 28.6 Å². The van der Waals surface area contributed by atoms with Crippen LogP contribution in [0.25, 0.3) is 22.2 Å². The summed E-state index contributed by atoms with van der Waals surface area (Å²) in [5.74, 6) is 0.436. The Bertz CT molecular complexity index is 1630. The molecule has 0 radical (unpaired) electrons. The molecule has 1 saturated heterocycles. The number of aromatic nitrogens is 4. The molecule has 0 saturated carbocycles. The lowest BCUT2D eigenvalue weighted by Gasteiger charge is -2.37. The van der Waals surface area contributed by atoms with Crippen LogP contribution in [0.5, 0.6) is 0 Å². The van der Waals surface area contributed by atoms with E-state index in [-0.39, 0.29) is 6.04 Å². The third kappa shape index (κ3) is 9.40. The van der Waals surface area contributed by atoms with Crippen molar-refractivity contribution in [3.05, 3.63) is 66.4 Å². The van der Waals surface area contributed by atoms with Gasteiger partial charge in [-0.05, 0) is 71.7 Å². The maximum absolute atomic E-state index is 14.1. The molecular weight excluding hydrogens is 655 g/mol. The average molecular weight is 710 g/mol. The fourth-order valence-electron chi connectivity index (χ4n) is 6.26. The summed E-state index contributed by atoms with van der Waals surface area (Å²) < 4.78 is 42.0. The van der Waals surface area contributed by atoms with Crippen molar-refractivity contribution in [3.63, 3.8) is 0 Å². The summed E-state index contributed by atoms with van der Waals surface area (Å²) in [7, 11) is -1.28. The second kappa shape index (κ2) is 16.2. The molecule has 1 fully saturated rings. The number of unbranched alkanes of at least 4 members (excludes halogenated alkanes) is 2. The first-order chi connectivity index (χ1) is 23.3. The summed E-state index contributed by atoms with van der Waals surface area (Å²) in [6.45, 7) is 20.0. The van der Waals surface area contributed by atoms with E-state index in [9.17, 15) is 4.55 Å². The quantitative estimate of drug-likeness (QED) is 0.0606. The molecule has 0 aliphatic carbocycles. The number of pyridine rings is 1. The van der Waals surface area contributed by atoms with E-state index in [0.29, 0.717) is 45.4 Å². The van der Waals surface area contributed by atoms with Gasteiger partial charge in [0.05, 0.1) is 36.8 Å². The van der Waals surface area contributed by atoms with E-state index in [1.807, 2.05) is 40.0 Å². The first-order valence-electron chi connectivity index (χ1n) is 17.7. The van der Waals surface area contributed by atoms with Gasteiger partial charge < -0.3 is 27.7 Å². The summed E-state index contributed by atoms with van der Waals surface area (Å²) >= 11 is -1.25. The highest BCUT2D eigenvalue weighted by molar-refractivity contribution is 7.90. The van der Waals surface area contributed by atoms with Crippen molar-refractivity contribution in [1.29, 1.82) is 0 Å². The van der Waals surface area contributed by atoms with Crippen molar-refractivity contribution < 1.29 is 23.2 Å². The lowest BCUT2D eigenvalue weighted by Crippen LogP contribution is -2.45. The highest BCUT2D eigenvalue weighted by Gasteiger charge is 2.43. The zero-order valence-corrected chi connectivity index (χ0v) is 32.5. The van der Waals surface area contributed by atoms with Gasteiger partial charge in [-0.2, -0.15) is 0 Å². The van der Waals surface area contributed by atoms with Gasteiger partial charge in [0.25, 0.3) is 5.89 Å². The van der Waals surface area contributed by atoms with Gasteiger partial charge in [-0.25, -0.2) is 9.97 Å². The van der Waals surface area contributed by atoms with Crippen LogP contribution in [0.3, 0.4) is 0 Å². The standard InChI is InChI=1S/C37H55N5O5SSi/c1-9-42(48(43)36(3,4)5)32(13-11-10-12-18-37(46-21-22-47-37)35-38-19-20-45-35)34-39-26-33(41(34)27-44-23-24-49(6,7)8)30-16-17-31-29(25-30)15-14-28(2)40-31/h14-17,19-20,25-26,32H,9-13,18,21-24,27H2,1-8H3/t32?,48-/m1/s1. The van der Waals surface area contributed by atoms with Gasteiger partial charge in [0.15, 0.2) is 0 Å². The van der Waals surface area contributed by atoms with Crippen molar-refractivity contribution in [2.45, 2.75) is 116 Å². The van der Waals surface area contributed by atoms with Crippen molar-refractivity contribution in [3.8, 4) is 11.3 Å². The van der Waals surface area contributed by atoms with Crippen molar-refractivity contribution in [1.82, 2.24) is 23.8 Å². The average Bonchev–Trinajstić information content (AvgIpc) is 3.83. The van der Waals surface area contributed by atoms with Crippen LogP contribution in [-0.4, -0.2) is 67.6 Å². The Balaban J connectivity index is 1.43. The number of imidazole rings is 1.